The molecule has 2 rings (SSSR count). The minimum Gasteiger partial charge on any atom is -0.479 e. The van der Waals surface area contributed by atoms with Crippen molar-refractivity contribution in [3.05, 3.63) is 42.5 Å². The van der Waals surface area contributed by atoms with Gasteiger partial charge in [-0.15, -0.1) is 0 Å². The van der Waals surface area contributed by atoms with Gasteiger partial charge in [-0.1, -0.05) is 37.3 Å². The second-order valence-corrected chi connectivity index (χ2v) is 3.86. The third-order valence-electron chi connectivity index (χ3n) is 2.65. The van der Waals surface area contributed by atoms with E-state index in [1.807, 2.05) is 36.4 Å². The molecule has 0 bridgehead atoms. The molecule has 0 aromatic heterocycles. The Hall–Kier alpha value is -2.03. The van der Waals surface area contributed by atoms with Crippen molar-refractivity contribution in [2.24, 2.45) is 0 Å². The topological polar surface area (TPSA) is 46.5 Å². The van der Waals surface area contributed by atoms with E-state index in [1.54, 1.807) is 13.0 Å². The Bertz CT molecular complexity index is 534. The van der Waals surface area contributed by atoms with E-state index < -0.39 is 12.1 Å². The first kappa shape index (κ1) is 11.5. The summed E-state index contributed by atoms with van der Waals surface area (Å²) in [6.45, 7) is 1.79. The van der Waals surface area contributed by atoms with Gasteiger partial charge >= 0.3 is 5.97 Å². The van der Waals surface area contributed by atoms with Gasteiger partial charge in [0.25, 0.3) is 0 Å². The molecule has 0 radical (unpaired) electrons. The highest BCUT2D eigenvalue weighted by Crippen LogP contribution is 2.21. The normalized spacial score (nSPS) is 12.3. The Morgan fingerprint density at radius 2 is 1.94 bits per heavy atom. The minimum absolute atomic E-state index is 0.447. The first-order valence-electron chi connectivity index (χ1n) is 5.59. The molecule has 17 heavy (non-hydrogen) atoms. The smallest absolute Gasteiger partial charge is 0.344 e. The molecule has 0 spiro atoms. The number of carboxylic acid groups (broad SMARTS) is 1. The highest BCUT2D eigenvalue weighted by Gasteiger charge is 2.16. The molecule has 0 fully saturated rings. The molecule has 2 aromatic carbocycles. The summed E-state index contributed by atoms with van der Waals surface area (Å²) < 4.78 is 5.43. The van der Waals surface area contributed by atoms with Crippen LogP contribution in [0.1, 0.15) is 13.3 Å². The van der Waals surface area contributed by atoms with E-state index in [2.05, 4.69) is 0 Å². The van der Waals surface area contributed by atoms with Crippen LogP contribution in [0.2, 0.25) is 0 Å². The highest BCUT2D eigenvalue weighted by atomic mass is 16.5. The van der Waals surface area contributed by atoms with Gasteiger partial charge in [-0.2, -0.15) is 0 Å². The van der Waals surface area contributed by atoms with Crippen LogP contribution < -0.4 is 4.74 Å². The maximum Gasteiger partial charge on any atom is 0.344 e. The van der Waals surface area contributed by atoms with E-state index in [1.165, 1.54) is 0 Å². The van der Waals surface area contributed by atoms with E-state index in [9.17, 15) is 4.79 Å². The second kappa shape index (κ2) is 4.87. The predicted molar refractivity (Wildman–Crippen MR) is 66.3 cm³/mol. The predicted octanol–water partition coefficient (Wildman–Crippen LogP) is 3.08. The lowest BCUT2D eigenvalue weighted by Crippen LogP contribution is -2.25. The Labute approximate surface area is 99.6 Å². The molecule has 88 valence electrons. The van der Waals surface area contributed by atoms with Gasteiger partial charge in [0.1, 0.15) is 5.75 Å². The van der Waals surface area contributed by atoms with Crippen molar-refractivity contribution in [1.29, 1.82) is 0 Å². The summed E-state index contributed by atoms with van der Waals surface area (Å²) >= 11 is 0. The molecule has 2 aromatic rings. The molecule has 1 atom stereocenters. The molecular weight excluding hydrogens is 216 g/mol. The highest BCUT2D eigenvalue weighted by molar-refractivity contribution is 5.83. The molecule has 0 saturated heterocycles. The van der Waals surface area contributed by atoms with Gasteiger partial charge in [-0.3, -0.25) is 0 Å². The molecule has 0 heterocycles. The van der Waals surface area contributed by atoms with Gasteiger partial charge in [0, 0.05) is 0 Å². The molecular formula is C14H14O3. The Morgan fingerprint density at radius 3 is 2.59 bits per heavy atom. The van der Waals surface area contributed by atoms with Crippen LogP contribution in [0.3, 0.4) is 0 Å². The number of carbonyl (C=O) groups is 1. The van der Waals surface area contributed by atoms with Crippen molar-refractivity contribution in [2.75, 3.05) is 0 Å². The number of fused-ring (bicyclic) bond motifs is 1. The molecule has 0 unspecified atom stereocenters. The Morgan fingerprint density at radius 1 is 1.24 bits per heavy atom. The second-order valence-electron chi connectivity index (χ2n) is 3.86. The monoisotopic (exact) mass is 230 g/mol. The summed E-state index contributed by atoms with van der Waals surface area (Å²) in [5, 5.41) is 11.1. The van der Waals surface area contributed by atoms with Gasteiger partial charge in [0.15, 0.2) is 6.10 Å². The average Bonchev–Trinajstić information content (AvgIpc) is 2.35. The van der Waals surface area contributed by atoms with Crippen LogP contribution in [-0.4, -0.2) is 17.2 Å². The number of carboxylic acids is 1. The molecule has 0 aliphatic carbocycles. The standard InChI is InChI=1S/C14H14O3/c1-2-13(14(15)16)17-12-8-7-10-5-3-4-6-11(10)9-12/h3-9,13H,2H2,1H3,(H,15,16)/t13-/m1/s1. The third-order valence-corrected chi connectivity index (χ3v) is 2.65. The minimum atomic E-state index is -0.930. The van der Waals surface area contributed by atoms with Crippen LogP contribution in [0.5, 0.6) is 5.75 Å². The summed E-state index contributed by atoms with van der Waals surface area (Å²) in [5.74, 6) is -0.335. The van der Waals surface area contributed by atoms with Crippen LogP contribution in [0.25, 0.3) is 10.8 Å². The third kappa shape index (κ3) is 2.56. The van der Waals surface area contributed by atoms with Crippen LogP contribution in [0.15, 0.2) is 42.5 Å². The number of hydrogen-bond acceptors (Lipinski definition) is 2. The van der Waals surface area contributed by atoms with Crippen molar-refractivity contribution in [3.63, 3.8) is 0 Å². The van der Waals surface area contributed by atoms with Gasteiger partial charge in [-0.25, -0.2) is 4.79 Å². The zero-order chi connectivity index (χ0) is 12.3. The zero-order valence-corrected chi connectivity index (χ0v) is 9.59. The van der Waals surface area contributed by atoms with Crippen molar-refractivity contribution in [3.8, 4) is 5.75 Å². The molecule has 3 heteroatoms. The first-order valence-corrected chi connectivity index (χ1v) is 5.59. The molecule has 0 aliphatic heterocycles. The number of ether oxygens (including phenoxy) is 1. The molecule has 0 amide bonds. The Kier molecular flexibility index (Phi) is 3.28. The van der Waals surface area contributed by atoms with Crippen LogP contribution in [0, 0.1) is 0 Å². The van der Waals surface area contributed by atoms with Crippen LogP contribution in [-0.2, 0) is 4.79 Å². The van der Waals surface area contributed by atoms with Gasteiger partial charge < -0.3 is 9.84 Å². The molecule has 1 N–H and O–H groups in total. The fourth-order valence-corrected chi connectivity index (χ4v) is 1.71. The summed E-state index contributed by atoms with van der Waals surface area (Å²) in [6.07, 6.45) is -0.335. The van der Waals surface area contributed by atoms with E-state index in [0.29, 0.717) is 12.2 Å². The Balaban J connectivity index is 2.27. The van der Waals surface area contributed by atoms with Crippen molar-refractivity contribution in [2.45, 2.75) is 19.4 Å². The van der Waals surface area contributed by atoms with E-state index in [0.717, 1.165) is 10.8 Å². The van der Waals surface area contributed by atoms with Crippen molar-refractivity contribution < 1.29 is 14.6 Å². The fourth-order valence-electron chi connectivity index (χ4n) is 1.71. The lowest BCUT2D eigenvalue weighted by Gasteiger charge is -2.13. The molecule has 0 aliphatic rings. The molecule has 0 saturated carbocycles. The van der Waals surface area contributed by atoms with E-state index >= 15 is 0 Å². The van der Waals surface area contributed by atoms with Crippen molar-refractivity contribution >= 4 is 16.7 Å². The lowest BCUT2D eigenvalue weighted by atomic mass is 10.1. The van der Waals surface area contributed by atoms with Crippen molar-refractivity contribution in [1.82, 2.24) is 0 Å². The largest absolute Gasteiger partial charge is 0.479 e. The van der Waals surface area contributed by atoms with E-state index in [-0.39, 0.29) is 0 Å². The van der Waals surface area contributed by atoms with Gasteiger partial charge in [0.05, 0.1) is 0 Å². The van der Waals surface area contributed by atoms with Gasteiger partial charge in [0.2, 0.25) is 0 Å². The van der Waals surface area contributed by atoms with Crippen LogP contribution in [0.4, 0.5) is 0 Å². The van der Waals surface area contributed by atoms with Crippen LogP contribution >= 0.6 is 0 Å². The maximum atomic E-state index is 10.9. The lowest BCUT2D eigenvalue weighted by molar-refractivity contribution is -0.145. The van der Waals surface area contributed by atoms with E-state index in [4.69, 9.17) is 9.84 Å². The quantitative estimate of drug-likeness (QED) is 0.877. The number of benzene rings is 2. The summed E-state index contributed by atoms with van der Waals surface area (Å²) in [4.78, 5) is 10.9. The maximum absolute atomic E-state index is 10.9. The summed E-state index contributed by atoms with van der Waals surface area (Å²) in [7, 11) is 0. The number of hydrogen-bond donors (Lipinski definition) is 1. The number of aliphatic carboxylic acids is 1. The number of rotatable bonds is 4. The average molecular weight is 230 g/mol. The first-order chi connectivity index (χ1) is 8.20. The summed E-state index contributed by atoms with van der Waals surface area (Å²) in [6, 6.07) is 13.5. The zero-order valence-electron chi connectivity index (χ0n) is 9.59. The SMILES string of the molecule is CC[C@@H](Oc1ccc2ccccc2c1)C(=O)O. The molecule has 3 nitrogen and oxygen atoms in total. The fraction of sp³-hybridized carbons (Fsp3) is 0.214. The summed E-state index contributed by atoms with van der Waals surface area (Å²) in [5.41, 5.74) is 0. The van der Waals surface area contributed by atoms with Gasteiger partial charge in [-0.05, 0) is 29.3 Å².